The third kappa shape index (κ3) is 3.41. The maximum Gasteiger partial charge on any atom is 0.321 e. The fourth-order valence-corrected chi connectivity index (χ4v) is 3.07. The van der Waals surface area contributed by atoms with E-state index in [1.165, 1.54) is 7.05 Å². The van der Waals surface area contributed by atoms with Gasteiger partial charge in [0.15, 0.2) is 11.5 Å². The Morgan fingerprint density at radius 2 is 2.17 bits per heavy atom. The number of urea groups is 1. The number of fused-ring (bicyclic) bond motifs is 1. The van der Waals surface area contributed by atoms with E-state index in [0.717, 1.165) is 36.4 Å². The summed E-state index contributed by atoms with van der Waals surface area (Å²) >= 11 is 0. The van der Waals surface area contributed by atoms with Crippen LogP contribution in [0.15, 0.2) is 28.7 Å². The highest BCUT2D eigenvalue weighted by Gasteiger charge is 2.31. The Balaban J connectivity index is 1.69. The SMILES string of the molecule is CNC(=O)NC(=O)[C@@H](C)N1CCC[C@H](c2nc3ccccc3o2)C1. The number of para-hydroxylation sites is 2. The molecule has 3 amide bonds. The van der Waals surface area contributed by atoms with Gasteiger partial charge in [0.05, 0.1) is 6.04 Å². The van der Waals surface area contributed by atoms with Crippen LogP contribution in [0, 0.1) is 0 Å². The summed E-state index contributed by atoms with van der Waals surface area (Å²) in [6.45, 7) is 3.32. The van der Waals surface area contributed by atoms with Gasteiger partial charge in [-0.2, -0.15) is 0 Å². The number of amides is 3. The molecule has 2 heterocycles. The van der Waals surface area contributed by atoms with E-state index in [2.05, 4.69) is 20.5 Å². The molecule has 128 valence electrons. The van der Waals surface area contributed by atoms with Crippen LogP contribution in [0.3, 0.4) is 0 Å². The highest BCUT2D eigenvalue weighted by atomic mass is 16.3. The first-order valence-corrected chi connectivity index (χ1v) is 8.20. The van der Waals surface area contributed by atoms with Crippen molar-refractivity contribution in [2.24, 2.45) is 0 Å². The van der Waals surface area contributed by atoms with E-state index in [9.17, 15) is 9.59 Å². The lowest BCUT2D eigenvalue weighted by atomic mass is 9.96. The van der Waals surface area contributed by atoms with E-state index in [1.807, 2.05) is 31.2 Å². The van der Waals surface area contributed by atoms with E-state index in [1.54, 1.807) is 0 Å². The number of oxazole rings is 1. The third-order valence-corrected chi connectivity index (χ3v) is 4.50. The zero-order valence-electron chi connectivity index (χ0n) is 13.9. The molecule has 1 aliphatic heterocycles. The van der Waals surface area contributed by atoms with Crippen molar-refractivity contribution in [3.63, 3.8) is 0 Å². The first-order valence-electron chi connectivity index (χ1n) is 8.20. The largest absolute Gasteiger partial charge is 0.440 e. The minimum atomic E-state index is -0.487. The smallest absolute Gasteiger partial charge is 0.321 e. The van der Waals surface area contributed by atoms with Crippen molar-refractivity contribution < 1.29 is 14.0 Å². The summed E-state index contributed by atoms with van der Waals surface area (Å²) in [6, 6.07) is 6.84. The van der Waals surface area contributed by atoms with Crippen molar-refractivity contribution in [3.05, 3.63) is 30.2 Å². The summed E-state index contributed by atoms with van der Waals surface area (Å²) in [5, 5.41) is 4.72. The van der Waals surface area contributed by atoms with Crippen molar-refractivity contribution in [1.29, 1.82) is 0 Å². The Morgan fingerprint density at radius 3 is 2.92 bits per heavy atom. The van der Waals surface area contributed by atoms with Crippen LogP contribution in [0.2, 0.25) is 0 Å². The lowest BCUT2D eigenvalue weighted by molar-refractivity contribution is -0.125. The molecule has 7 heteroatoms. The Hall–Kier alpha value is -2.41. The molecule has 24 heavy (non-hydrogen) atoms. The number of imide groups is 1. The van der Waals surface area contributed by atoms with Crippen molar-refractivity contribution in [2.75, 3.05) is 20.1 Å². The quantitative estimate of drug-likeness (QED) is 0.897. The second kappa shape index (κ2) is 7.00. The number of piperidine rings is 1. The van der Waals surface area contributed by atoms with Crippen molar-refractivity contribution >= 4 is 23.0 Å². The highest BCUT2D eigenvalue weighted by Crippen LogP contribution is 2.29. The summed E-state index contributed by atoms with van der Waals surface area (Å²) < 4.78 is 5.88. The summed E-state index contributed by atoms with van der Waals surface area (Å²) in [5.41, 5.74) is 1.64. The normalized spacial score (nSPS) is 19.8. The van der Waals surface area contributed by atoms with Gasteiger partial charge in [-0.1, -0.05) is 12.1 Å². The van der Waals surface area contributed by atoms with Crippen LogP contribution in [0.25, 0.3) is 11.1 Å². The molecule has 1 aromatic heterocycles. The number of hydrogen-bond donors (Lipinski definition) is 2. The van der Waals surface area contributed by atoms with Crippen LogP contribution in [0.5, 0.6) is 0 Å². The minimum absolute atomic E-state index is 0.154. The van der Waals surface area contributed by atoms with Gasteiger partial charge in [-0.15, -0.1) is 0 Å². The Labute approximate surface area is 140 Å². The molecule has 3 rings (SSSR count). The molecule has 0 aliphatic carbocycles. The van der Waals surface area contributed by atoms with Gasteiger partial charge in [0.25, 0.3) is 0 Å². The van der Waals surface area contributed by atoms with Gasteiger partial charge < -0.3 is 9.73 Å². The van der Waals surface area contributed by atoms with Crippen molar-refractivity contribution in [1.82, 2.24) is 20.5 Å². The molecule has 7 nitrogen and oxygen atoms in total. The van der Waals surface area contributed by atoms with Crippen LogP contribution in [-0.2, 0) is 4.79 Å². The standard InChI is InChI=1S/C17H22N4O3/c1-11(15(22)20-17(23)18-2)21-9-5-6-12(10-21)16-19-13-7-3-4-8-14(13)24-16/h3-4,7-8,11-12H,5-6,9-10H2,1-2H3,(H2,18,20,22,23)/t11-,12+/m1/s1. The lowest BCUT2D eigenvalue weighted by Gasteiger charge is -2.34. The average Bonchev–Trinajstić information content (AvgIpc) is 3.05. The molecule has 0 unspecified atom stereocenters. The first-order chi connectivity index (χ1) is 11.6. The number of nitrogens with zero attached hydrogens (tertiary/aromatic N) is 2. The number of nitrogens with one attached hydrogen (secondary N) is 2. The summed E-state index contributed by atoms with van der Waals surface area (Å²) in [4.78, 5) is 30.1. The van der Waals surface area contributed by atoms with E-state index in [4.69, 9.17) is 4.42 Å². The number of aromatic nitrogens is 1. The van der Waals surface area contributed by atoms with Gasteiger partial charge in [0.1, 0.15) is 5.52 Å². The zero-order valence-corrected chi connectivity index (χ0v) is 13.9. The van der Waals surface area contributed by atoms with Gasteiger partial charge in [0, 0.05) is 19.5 Å². The van der Waals surface area contributed by atoms with E-state index < -0.39 is 6.03 Å². The first kappa shape index (κ1) is 16.4. The van der Waals surface area contributed by atoms with Gasteiger partial charge >= 0.3 is 6.03 Å². The molecule has 0 saturated carbocycles. The van der Waals surface area contributed by atoms with Crippen LogP contribution in [-0.4, -0.2) is 48.0 Å². The molecule has 1 fully saturated rings. The van der Waals surface area contributed by atoms with Crippen LogP contribution in [0.1, 0.15) is 31.6 Å². The summed E-state index contributed by atoms with van der Waals surface area (Å²) in [5.74, 6) is 0.578. The molecule has 1 saturated heterocycles. The molecule has 0 spiro atoms. The fourth-order valence-electron chi connectivity index (χ4n) is 3.07. The molecule has 1 aromatic carbocycles. The number of rotatable bonds is 3. The van der Waals surface area contributed by atoms with E-state index >= 15 is 0 Å². The topological polar surface area (TPSA) is 87.5 Å². The second-order valence-electron chi connectivity index (χ2n) is 6.10. The minimum Gasteiger partial charge on any atom is -0.440 e. The second-order valence-corrected chi connectivity index (χ2v) is 6.10. The molecule has 2 atom stereocenters. The molecule has 2 N–H and O–H groups in total. The Kier molecular flexibility index (Phi) is 4.80. The molecule has 1 aliphatic rings. The maximum atomic E-state index is 12.1. The number of likely N-dealkylation sites (tertiary alicyclic amines) is 1. The number of benzene rings is 1. The molecular formula is C17H22N4O3. The van der Waals surface area contributed by atoms with Gasteiger partial charge in [-0.3, -0.25) is 15.0 Å². The highest BCUT2D eigenvalue weighted by molar-refractivity contribution is 5.96. The zero-order chi connectivity index (χ0) is 17.1. The molecular weight excluding hydrogens is 308 g/mol. The molecule has 0 bridgehead atoms. The Bertz CT molecular complexity index is 709. The van der Waals surface area contributed by atoms with Gasteiger partial charge in [-0.25, -0.2) is 9.78 Å². The molecule has 0 radical (unpaired) electrons. The monoisotopic (exact) mass is 330 g/mol. The average molecular weight is 330 g/mol. The lowest BCUT2D eigenvalue weighted by Crippen LogP contribution is -2.51. The fraction of sp³-hybridized carbons (Fsp3) is 0.471. The van der Waals surface area contributed by atoms with Crippen LogP contribution < -0.4 is 10.6 Å². The van der Waals surface area contributed by atoms with E-state index in [-0.39, 0.29) is 17.9 Å². The predicted molar refractivity (Wildman–Crippen MR) is 89.6 cm³/mol. The van der Waals surface area contributed by atoms with Crippen molar-refractivity contribution in [3.8, 4) is 0 Å². The van der Waals surface area contributed by atoms with Crippen LogP contribution >= 0.6 is 0 Å². The van der Waals surface area contributed by atoms with E-state index in [0.29, 0.717) is 6.54 Å². The Morgan fingerprint density at radius 1 is 1.38 bits per heavy atom. The summed E-state index contributed by atoms with van der Waals surface area (Å²) in [7, 11) is 1.48. The van der Waals surface area contributed by atoms with Gasteiger partial charge in [-0.05, 0) is 38.4 Å². The van der Waals surface area contributed by atoms with Gasteiger partial charge in [0.2, 0.25) is 5.91 Å². The van der Waals surface area contributed by atoms with Crippen LogP contribution in [0.4, 0.5) is 4.79 Å². The predicted octanol–water partition coefficient (Wildman–Crippen LogP) is 1.85. The summed E-state index contributed by atoms with van der Waals surface area (Å²) in [6.07, 6.45) is 1.94. The maximum absolute atomic E-state index is 12.1. The number of carbonyl (C=O) groups excluding carboxylic acids is 2. The number of hydrogen-bond acceptors (Lipinski definition) is 5. The molecule has 2 aromatic rings. The third-order valence-electron chi connectivity index (χ3n) is 4.50. The van der Waals surface area contributed by atoms with Crippen molar-refractivity contribution in [2.45, 2.75) is 31.7 Å². The number of carbonyl (C=O) groups is 2.